The molecular formula is C12H21N3S. The van der Waals surface area contributed by atoms with E-state index in [1.54, 1.807) is 30.4 Å². The van der Waals surface area contributed by atoms with E-state index in [0.29, 0.717) is 5.41 Å². The minimum absolute atomic E-state index is 0.422. The second-order valence-electron chi connectivity index (χ2n) is 4.95. The zero-order valence-corrected chi connectivity index (χ0v) is 11.2. The molecule has 0 spiro atoms. The van der Waals surface area contributed by atoms with E-state index in [4.69, 9.17) is 0 Å². The van der Waals surface area contributed by atoms with Crippen LogP contribution in [0, 0.1) is 5.41 Å². The van der Waals surface area contributed by atoms with Gasteiger partial charge in [-0.25, -0.2) is 4.98 Å². The van der Waals surface area contributed by atoms with Gasteiger partial charge in [-0.1, -0.05) is 20.8 Å². The van der Waals surface area contributed by atoms with Crippen LogP contribution in [0.4, 0.5) is 0 Å². The van der Waals surface area contributed by atoms with Gasteiger partial charge in [-0.05, 0) is 18.4 Å². The molecule has 1 heterocycles. The zero-order chi connectivity index (χ0) is 11.9. The van der Waals surface area contributed by atoms with Crippen molar-refractivity contribution in [3.63, 3.8) is 0 Å². The molecule has 0 radical (unpaired) electrons. The van der Waals surface area contributed by atoms with Crippen molar-refractivity contribution in [3.8, 4) is 0 Å². The van der Waals surface area contributed by atoms with Crippen LogP contribution in [0.2, 0.25) is 0 Å². The Labute approximate surface area is 102 Å². The Balaban J connectivity index is 2.01. The second kappa shape index (κ2) is 6.86. The molecule has 1 N–H and O–H groups in total. The summed E-state index contributed by atoms with van der Waals surface area (Å²) in [5.74, 6) is 1.04. The molecule has 1 aromatic heterocycles. The predicted molar refractivity (Wildman–Crippen MR) is 69.7 cm³/mol. The maximum atomic E-state index is 4.21. The fourth-order valence-electron chi connectivity index (χ4n) is 1.18. The third-order valence-corrected chi connectivity index (χ3v) is 3.03. The highest BCUT2D eigenvalue weighted by Crippen LogP contribution is 2.17. The first kappa shape index (κ1) is 13.5. The van der Waals surface area contributed by atoms with Gasteiger partial charge in [0.2, 0.25) is 0 Å². The van der Waals surface area contributed by atoms with Gasteiger partial charge in [-0.15, -0.1) is 11.8 Å². The van der Waals surface area contributed by atoms with Gasteiger partial charge in [-0.3, -0.25) is 4.98 Å². The lowest BCUT2D eigenvalue weighted by atomic mass is 9.92. The quantitative estimate of drug-likeness (QED) is 0.611. The van der Waals surface area contributed by atoms with E-state index in [2.05, 4.69) is 36.1 Å². The molecule has 0 amide bonds. The molecule has 0 bridgehead atoms. The third kappa shape index (κ3) is 6.80. The summed E-state index contributed by atoms with van der Waals surface area (Å²) < 4.78 is 0. The fourth-order valence-corrected chi connectivity index (χ4v) is 1.90. The first-order valence-electron chi connectivity index (χ1n) is 5.67. The first-order valence-corrected chi connectivity index (χ1v) is 6.66. The maximum Gasteiger partial charge on any atom is 0.114 e. The molecule has 0 fully saturated rings. The van der Waals surface area contributed by atoms with Crippen LogP contribution in [0.5, 0.6) is 0 Å². The van der Waals surface area contributed by atoms with Crippen LogP contribution in [0.15, 0.2) is 23.6 Å². The SMILES string of the molecule is CC(C)(C)CCNCCSc1cnccn1. The molecule has 1 aromatic rings. The van der Waals surface area contributed by atoms with Crippen molar-refractivity contribution in [3.05, 3.63) is 18.6 Å². The summed E-state index contributed by atoms with van der Waals surface area (Å²) in [6, 6.07) is 0. The minimum atomic E-state index is 0.422. The summed E-state index contributed by atoms with van der Waals surface area (Å²) >= 11 is 1.74. The molecule has 0 saturated carbocycles. The highest BCUT2D eigenvalue weighted by molar-refractivity contribution is 7.99. The Hall–Kier alpha value is -0.610. The number of thioether (sulfide) groups is 1. The van der Waals surface area contributed by atoms with E-state index < -0.39 is 0 Å². The lowest BCUT2D eigenvalue weighted by Gasteiger charge is -2.17. The largest absolute Gasteiger partial charge is 0.316 e. The van der Waals surface area contributed by atoms with Gasteiger partial charge >= 0.3 is 0 Å². The smallest absolute Gasteiger partial charge is 0.114 e. The summed E-state index contributed by atoms with van der Waals surface area (Å²) in [5.41, 5.74) is 0.422. The molecule has 0 aromatic carbocycles. The molecule has 0 unspecified atom stereocenters. The van der Waals surface area contributed by atoms with Crippen molar-refractivity contribution in [2.75, 3.05) is 18.8 Å². The van der Waals surface area contributed by atoms with E-state index in [9.17, 15) is 0 Å². The highest BCUT2D eigenvalue weighted by atomic mass is 32.2. The standard InChI is InChI=1S/C12H21N3S/c1-12(2,3)4-5-13-8-9-16-11-10-14-6-7-15-11/h6-7,10,13H,4-5,8-9H2,1-3H3. The Morgan fingerprint density at radius 3 is 2.69 bits per heavy atom. The average molecular weight is 239 g/mol. The predicted octanol–water partition coefficient (Wildman–Crippen LogP) is 2.59. The maximum absolute atomic E-state index is 4.21. The molecule has 16 heavy (non-hydrogen) atoms. The van der Waals surface area contributed by atoms with Gasteiger partial charge in [0.15, 0.2) is 0 Å². The van der Waals surface area contributed by atoms with E-state index in [0.717, 1.165) is 23.9 Å². The molecule has 90 valence electrons. The van der Waals surface area contributed by atoms with Crippen LogP contribution in [-0.4, -0.2) is 28.8 Å². The zero-order valence-electron chi connectivity index (χ0n) is 10.4. The van der Waals surface area contributed by atoms with Gasteiger partial charge in [0.1, 0.15) is 5.03 Å². The number of hydrogen-bond donors (Lipinski definition) is 1. The fraction of sp³-hybridized carbons (Fsp3) is 0.667. The lowest BCUT2D eigenvalue weighted by Crippen LogP contribution is -2.22. The van der Waals surface area contributed by atoms with Crippen LogP contribution in [-0.2, 0) is 0 Å². The summed E-state index contributed by atoms with van der Waals surface area (Å²) in [4.78, 5) is 8.24. The van der Waals surface area contributed by atoms with E-state index >= 15 is 0 Å². The van der Waals surface area contributed by atoms with Crippen LogP contribution in [0.3, 0.4) is 0 Å². The molecule has 0 aliphatic carbocycles. The van der Waals surface area contributed by atoms with Crippen molar-refractivity contribution in [1.29, 1.82) is 0 Å². The number of aromatic nitrogens is 2. The van der Waals surface area contributed by atoms with Crippen molar-refractivity contribution in [2.24, 2.45) is 5.41 Å². The summed E-state index contributed by atoms with van der Waals surface area (Å²) in [7, 11) is 0. The van der Waals surface area contributed by atoms with Crippen LogP contribution in [0.1, 0.15) is 27.2 Å². The van der Waals surface area contributed by atoms with Crippen molar-refractivity contribution >= 4 is 11.8 Å². The van der Waals surface area contributed by atoms with Crippen molar-refractivity contribution in [2.45, 2.75) is 32.2 Å². The second-order valence-corrected chi connectivity index (χ2v) is 6.07. The van der Waals surface area contributed by atoms with Crippen molar-refractivity contribution < 1.29 is 0 Å². The normalized spacial score (nSPS) is 11.7. The van der Waals surface area contributed by atoms with E-state index in [1.807, 2.05) is 0 Å². The van der Waals surface area contributed by atoms with Gasteiger partial charge in [0, 0.05) is 24.7 Å². The Morgan fingerprint density at radius 1 is 1.25 bits per heavy atom. The minimum Gasteiger partial charge on any atom is -0.316 e. The molecule has 0 aliphatic heterocycles. The molecule has 0 aliphatic rings. The van der Waals surface area contributed by atoms with Gasteiger partial charge in [-0.2, -0.15) is 0 Å². The lowest BCUT2D eigenvalue weighted by molar-refractivity contribution is 0.369. The number of hydrogen-bond acceptors (Lipinski definition) is 4. The molecule has 3 nitrogen and oxygen atoms in total. The molecule has 0 saturated heterocycles. The van der Waals surface area contributed by atoms with Gasteiger partial charge in [0.25, 0.3) is 0 Å². The van der Waals surface area contributed by atoms with Crippen LogP contribution < -0.4 is 5.32 Å². The van der Waals surface area contributed by atoms with Crippen LogP contribution >= 0.6 is 11.8 Å². The van der Waals surface area contributed by atoms with Gasteiger partial charge < -0.3 is 5.32 Å². The average Bonchev–Trinajstić information content (AvgIpc) is 2.23. The van der Waals surface area contributed by atoms with Crippen molar-refractivity contribution in [1.82, 2.24) is 15.3 Å². The van der Waals surface area contributed by atoms with E-state index in [-0.39, 0.29) is 0 Å². The van der Waals surface area contributed by atoms with E-state index in [1.165, 1.54) is 6.42 Å². The highest BCUT2D eigenvalue weighted by Gasteiger charge is 2.08. The third-order valence-electron chi connectivity index (χ3n) is 2.12. The van der Waals surface area contributed by atoms with Gasteiger partial charge in [0.05, 0.1) is 6.20 Å². The summed E-state index contributed by atoms with van der Waals surface area (Å²) in [6.45, 7) is 8.91. The number of nitrogens with one attached hydrogen (secondary N) is 1. The topological polar surface area (TPSA) is 37.8 Å². The van der Waals surface area contributed by atoms with Crippen LogP contribution in [0.25, 0.3) is 0 Å². The Morgan fingerprint density at radius 2 is 2.06 bits per heavy atom. The molecular weight excluding hydrogens is 218 g/mol. The molecule has 1 rings (SSSR count). The number of rotatable bonds is 6. The first-order chi connectivity index (χ1) is 7.58. The monoisotopic (exact) mass is 239 g/mol. The number of nitrogens with zero attached hydrogens (tertiary/aromatic N) is 2. The molecule has 4 heteroatoms. The summed E-state index contributed by atoms with van der Waals surface area (Å²) in [5, 5.41) is 4.44. The summed E-state index contributed by atoms with van der Waals surface area (Å²) in [6.07, 6.45) is 6.45. The Kier molecular flexibility index (Phi) is 5.77. The molecule has 0 atom stereocenters. The Bertz CT molecular complexity index is 282.